The van der Waals surface area contributed by atoms with Crippen molar-refractivity contribution in [2.45, 2.75) is 39.5 Å². The molecule has 0 radical (unpaired) electrons. The van der Waals surface area contributed by atoms with E-state index in [0.29, 0.717) is 0 Å². The Balaban J connectivity index is 0.000000369. The number of hydrogen-bond donors (Lipinski definition) is 3. The van der Waals surface area contributed by atoms with Gasteiger partial charge in [0.15, 0.2) is 0 Å². The van der Waals surface area contributed by atoms with E-state index in [4.69, 9.17) is 0 Å². The summed E-state index contributed by atoms with van der Waals surface area (Å²) in [4.78, 5) is 0. The number of anilines is 2. The highest BCUT2D eigenvalue weighted by molar-refractivity contribution is 5.53. The lowest BCUT2D eigenvalue weighted by molar-refractivity contribution is 0.833. The van der Waals surface area contributed by atoms with Gasteiger partial charge in [-0.05, 0) is 37.1 Å². The Morgan fingerprint density at radius 1 is 0.810 bits per heavy atom. The number of aromatic amines is 1. The van der Waals surface area contributed by atoms with Crippen LogP contribution in [0.2, 0.25) is 0 Å². The molecule has 0 aliphatic heterocycles. The smallest absolute Gasteiger partial charge is 0.0690 e. The molecule has 1 heterocycles. The highest BCUT2D eigenvalue weighted by Gasteiger charge is 1.93. The Hall–Kier alpha value is -2.04. The quantitative estimate of drug-likeness (QED) is 0.644. The van der Waals surface area contributed by atoms with Gasteiger partial charge >= 0.3 is 0 Å². The molecule has 3 N–H and O–H groups in total. The van der Waals surface area contributed by atoms with Crippen LogP contribution in [-0.4, -0.2) is 28.5 Å². The molecule has 0 amide bonds. The average Bonchev–Trinajstić information content (AvgIpc) is 3.09. The maximum Gasteiger partial charge on any atom is 0.0690 e. The minimum absolute atomic E-state index is 1.07. The van der Waals surface area contributed by atoms with Gasteiger partial charge in [-0.3, -0.25) is 0 Å². The third-order valence-corrected chi connectivity index (χ3v) is 2.94. The van der Waals surface area contributed by atoms with Gasteiger partial charge in [-0.15, -0.1) is 0 Å². The number of aromatic nitrogens is 3. The topological polar surface area (TPSA) is 65.6 Å². The summed E-state index contributed by atoms with van der Waals surface area (Å²) in [5.41, 5.74) is 2.43. The molecule has 1 aromatic carbocycles. The number of nitrogens with one attached hydrogen (secondary N) is 3. The van der Waals surface area contributed by atoms with Crippen LogP contribution in [0.15, 0.2) is 36.7 Å². The standard InChI is InChI=1S/C14H24N2.C2H3N3/c1-3-5-11-15-13-7-9-14(10-8-13)16-12-6-4-2;1-2-4-5-3-1/h7-10,15-16H,3-6,11-12H2,1-2H3;1-2H,(H,3,4,5). The van der Waals surface area contributed by atoms with Crippen LogP contribution in [-0.2, 0) is 0 Å². The molecule has 0 bridgehead atoms. The van der Waals surface area contributed by atoms with Gasteiger partial charge in [-0.25, -0.2) is 0 Å². The second-order valence-corrected chi connectivity index (χ2v) is 4.79. The first-order valence-corrected chi connectivity index (χ1v) is 7.74. The zero-order chi connectivity index (χ0) is 15.2. The number of hydrogen-bond acceptors (Lipinski definition) is 4. The second-order valence-electron chi connectivity index (χ2n) is 4.79. The van der Waals surface area contributed by atoms with Crippen molar-refractivity contribution in [2.75, 3.05) is 23.7 Å². The Kier molecular flexibility index (Phi) is 9.53. The fourth-order valence-corrected chi connectivity index (χ4v) is 1.69. The van der Waals surface area contributed by atoms with E-state index in [1.54, 1.807) is 12.4 Å². The van der Waals surface area contributed by atoms with E-state index in [1.165, 1.54) is 37.1 Å². The Labute approximate surface area is 127 Å². The molecule has 0 saturated carbocycles. The molecule has 0 saturated heterocycles. The van der Waals surface area contributed by atoms with Gasteiger partial charge in [0.05, 0.1) is 12.4 Å². The zero-order valence-electron chi connectivity index (χ0n) is 13.1. The molecule has 0 fully saturated rings. The third kappa shape index (κ3) is 8.68. The van der Waals surface area contributed by atoms with Gasteiger partial charge in [0.25, 0.3) is 0 Å². The largest absolute Gasteiger partial charge is 0.385 e. The minimum Gasteiger partial charge on any atom is -0.385 e. The summed E-state index contributed by atoms with van der Waals surface area (Å²) in [5, 5.41) is 16.2. The molecule has 0 unspecified atom stereocenters. The van der Waals surface area contributed by atoms with Gasteiger partial charge in [0, 0.05) is 24.5 Å². The number of unbranched alkanes of at least 4 members (excludes halogenated alkanes) is 2. The van der Waals surface area contributed by atoms with Crippen molar-refractivity contribution >= 4 is 11.4 Å². The molecular formula is C16H27N5. The van der Waals surface area contributed by atoms with Crippen LogP contribution in [0.4, 0.5) is 11.4 Å². The first kappa shape index (κ1) is 17.0. The number of rotatable bonds is 8. The van der Waals surface area contributed by atoms with Crippen LogP contribution in [0.1, 0.15) is 39.5 Å². The van der Waals surface area contributed by atoms with Crippen molar-refractivity contribution in [2.24, 2.45) is 0 Å². The van der Waals surface area contributed by atoms with E-state index in [9.17, 15) is 0 Å². The van der Waals surface area contributed by atoms with E-state index < -0.39 is 0 Å². The van der Waals surface area contributed by atoms with Gasteiger partial charge in [-0.2, -0.15) is 15.4 Å². The fraction of sp³-hybridized carbons (Fsp3) is 0.500. The van der Waals surface area contributed by atoms with E-state index in [1.807, 2.05) is 0 Å². The van der Waals surface area contributed by atoms with E-state index >= 15 is 0 Å². The Bertz CT molecular complexity index is 378. The van der Waals surface area contributed by atoms with Gasteiger partial charge in [-0.1, -0.05) is 26.7 Å². The van der Waals surface area contributed by atoms with Crippen LogP contribution in [0.5, 0.6) is 0 Å². The summed E-state index contributed by atoms with van der Waals surface area (Å²) in [6, 6.07) is 8.57. The van der Waals surface area contributed by atoms with Gasteiger partial charge in [0.1, 0.15) is 0 Å². The summed E-state index contributed by atoms with van der Waals surface area (Å²) >= 11 is 0. The number of benzene rings is 1. The van der Waals surface area contributed by atoms with Crippen molar-refractivity contribution < 1.29 is 0 Å². The highest BCUT2D eigenvalue weighted by Crippen LogP contribution is 2.13. The summed E-state index contributed by atoms with van der Waals surface area (Å²) < 4.78 is 0. The molecule has 2 aromatic rings. The Morgan fingerprint density at radius 3 is 1.52 bits per heavy atom. The predicted octanol–water partition coefficient (Wildman–Crippen LogP) is 3.92. The van der Waals surface area contributed by atoms with Crippen molar-refractivity contribution in [1.82, 2.24) is 15.4 Å². The molecule has 0 aliphatic rings. The van der Waals surface area contributed by atoms with E-state index in [0.717, 1.165) is 13.1 Å². The normalized spacial score (nSPS) is 9.62. The van der Waals surface area contributed by atoms with Crippen LogP contribution in [0.3, 0.4) is 0 Å². The monoisotopic (exact) mass is 289 g/mol. The van der Waals surface area contributed by atoms with Gasteiger partial charge in [0.2, 0.25) is 0 Å². The van der Waals surface area contributed by atoms with Crippen LogP contribution in [0, 0.1) is 0 Å². The molecule has 0 atom stereocenters. The molecule has 21 heavy (non-hydrogen) atoms. The second kappa shape index (κ2) is 11.8. The number of H-pyrrole nitrogens is 1. The molecular weight excluding hydrogens is 262 g/mol. The highest BCUT2D eigenvalue weighted by atomic mass is 15.3. The van der Waals surface area contributed by atoms with E-state index in [-0.39, 0.29) is 0 Å². The fourth-order valence-electron chi connectivity index (χ4n) is 1.69. The minimum atomic E-state index is 1.07. The van der Waals surface area contributed by atoms with Crippen molar-refractivity contribution in [3.05, 3.63) is 36.7 Å². The first-order chi connectivity index (χ1) is 10.4. The van der Waals surface area contributed by atoms with Crippen LogP contribution in [0.25, 0.3) is 0 Å². The molecule has 2 rings (SSSR count). The molecule has 5 heteroatoms. The summed E-state index contributed by atoms with van der Waals surface area (Å²) in [7, 11) is 0. The van der Waals surface area contributed by atoms with Gasteiger partial charge < -0.3 is 10.6 Å². The maximum atomic E-state index is 3.49. The summed E-state index contributed by atoms with van der Waals surface area (Å²) in [5.74, 6) is 0. The lowest BCUT2D eigenvalue weighted by Crippen LogP contribution is -2.02. The predicted molar refractivity (Wildman–Crippen MR) is 89.6 cm³/mol. The molecule has 1 aromatic heterocycles. The number of nitrogens with zero attached hydrogens (tertiary/aromatic N) is 2. The zero-order valence-corrected chi connectivity index (χ0v) is 13.1. The maximum absolute atomic E-state index is 3.49. The van der Waals surface area contributed by atoms with Crippen LogP contribution < -0.4 is 10.6 Å². The lowest BCUT2D eigenvalue weighted by atomic mass is 10.2. The van der Waals surface area contributed by atoms with Crippen molar-refractivity contribution in [3.63, 3.8) is 0 Å². The summed E-state index contributed by atoms with van der Waals surface area (Å²) in [6.07, 6.45) is 8.11. The Morgan fingerprint density at radius 2 is 1.24 bits per heavy atom. The average molecular weight is 289 g/mol. The SMILES string of the molecule is CCCCNc1ccc(NCCCC)cc1.c1cn[nH]n1. The molecule has 0 spiro atoms. The van der Waals surface area contributed by atoms with E-state index in [2.05, 4.69) is 64.2 Å². The lowest BCUT2D eigenvalue weighted by Gasteiger charge is -2.08. The first-order valence-electron chi connectivity index (χ1n) is 7.74. The van der Waals surface area contributed by atoms with Crippen LogP contribution >= 0.6 is 0 Å². The molecule has 116 valence electrons. The third-order valence-electron chi connectivity index (χ3n) is 2.94. The summed E-state index contributed by atoms with van der Waals surface area (Å²) in [6.45, 7) is 6.56. The molecule has 0 aliphatic carbocycles. The van der Waals surface area contributed by atoms with Crippen molar-refractivity contribution in [3.8, 4) is 0 Å². The van der Waals surface area contributed by atoms with Crippen molar-refractivity contribution in [1.29, 1.82) is 0 Å². The molecule has 5 nitrogen and oxygen atoms in total.